The molecule has 90 valence electrons. The molecule has 6 nitrogen and oxygen atoms in total. The van der Waals surface area contributed by atoms with Crippen molar-refractivity contribution in [2.75, 3.05) is 0 Å². The highest BCUT2D eigenvalue weighted by molar-refractivity contribution is 7.89. The van der Waals surface area contributed by atoms with Crippen LogP contribution in [0.5, 0.6) is 0 Å². The highest BCUT2D eigenvalue weighted by Gasteiger charge is 2.21. The van der Waals surface area contributed by atoms with Crippen LogP contribution >= 0.6 is 11.6 Å². The van der Waals surface area contributed by atoms with E-state index in [4.69, 9.17) is 21.3 Å². The number of hydrogen-bond donors (Lipinski definition) is 2. The first-order valence-electron chi connectivity index (χ1n) is 3.84. The third kappa shape index (κ3) is 2.71. The molecule has 0 atom stereocenters. The Morgan fingerprint density at radius 1 is 1.19 bits per heavy atom. The molecule has 0 amide bonds. The maximum Gasteiger partial charge on any atom is 0.296 e. The standard InChI is InChI=1S/C7H8ClNO5S2/c1-4-2-5(8)7(16(12,13)14)3-6(4)15(9,10)11/h2-3H,1H3,(H2,9,10,11)(H,12,13,14). The smallest absolute Gasteiger partial charge is 0.282 e. The molecule has 0 aliphatic heterocycles. The Morgan fingerprint density at radius 2 is 1.69 bits per heavy atom. The molecule has 0 aliphatic carbocycles. The van der Waals surface area contributed by atoms with Crippen molar-refractivity contribution in [3.63, 3.8) is 0 Å². The molecular weight excluding hydrogens is 278 g/mol. The van der Waals surface area contributed by atoms with Crippen LogP contribution in [0.2, 0.25) is 5.02 Å². The Balaban J connectivity index is 3.72. The van der Waals surface area contributed by atoms with E-state index in [0.717, 1.165) is 12.1 Å². The molecule has 0 radical (unpaired) electrons. The van der Waals surface area contributed by atoms with Crippen molar-refractivity contribution in [1.82, 2.24) is 0 Å². The number of primary sulfonamides is 1. The van der Waals surface area contributed by atoms with Gasteiger partial charge in [0, 0.05) is 0 Å². The van der Waals surface area contributed by atoms with Crippen molar-refractivity contribution in [2.24, 2.45) is 5.14 Å². The minimum Gasteiger partial charge on any atom is -0.282 e. The Kier molecular flexibility index (Phi) is 3.32. The molecule has 0 bridgehead atoms. The van der Waals surface area contributed by atoms with Gasteiger partial charge in [0.1, 0.15) is 4.90 Å². The fraction of sp³-hybridized carbons (Fsp3) is 0.143. The lowest BCUT2D eigenvalue weighted by molar-refractivity contribution is 0.483. The van der Waals surface area contributed by atoms with Crippen LogP contribution in [0.4, 0.5) is 0 Å². The maximum absolute atomic E-state index is 11.1. The fourth-order valence-electron chi connectivity index (χ4n) is 1.14. The lowest BCUT2D eigenvalue weighted by atomic mass is 10.2. The van der Waals surface area contributed by atoms with Gasteiger partial charge >= 0.3 is 0 Å². The van der Waals surface area contributed by atoms with Crippen LogP contribution in [0.1, 0.15) is 5.56 Å². The topological polar surface area (TPSA) is 115 Å². The van der Waals surface area contributed by atoms with Crippen molar-refractivity contribution in [1.29, 1.82) is 0 Å². The molecule has 0 unspecified atom stereocenters. The van der Waals surface area contributed by atoms with Crippen LogP contribution in [0.3, 0.4) is 0 Å². The van der Waals surface area contributed by atoms with Gasteiger partial charge in [-0.2, -0.15) is 8.42 Å². The van der Waals surface area contributed by atoms with E-state index >= 15 is 0 Å². The summed E-state index contributed by atoms with van der Waals surface area (Å²) in [6.45, 7) is 1.40. The van der Waals surface area contributed by atoms with E-state index in [1.165, 1.54) is 6.92 Å². The number of sulfonamides is 1. The molecule has 1 aromatic carbocycles. The molecule has 0 saturated carbocycles. The Bertz CT molecular complexity index is 582. The molecule has 0 spiro atoms. The summed E-state index contributed by atoms with van der Waals surface area (Å²) in [5, 5.41) is 4.60. The summed E-state index contributed by atoms with van der Waals surface area (Å²) in [5.74, 6) is 0. The highest BCUT2D eigenvalue weighted by atomic mass is 35.5. The predicted octanol–water partition coefficient (Wildman–Crippen LogP) is 0.543. The van der Waals surface area contributed by atoms with E-state index in [0.29, 0.717) is 0 Å². The molecule has 9 heteroatoms. The first-order chi connectivity index (χ1) is 7.03. The van der Waals surface area contributed by atoms with Crippen molar-refractivity contribution < 1.29 is 21.4 Å². The molecule has 0 aliphatic rings. The quantitative estimate of drug-likeness (QED) is 0.770. The zero-order valence-corrected chi connectivity index (χ0v) is 10.4. The van der Waals surface area contributed by atoms with Gasteiger partial charge in [-0.15, -0.1) is 0 Å². The van der Waals surface area contributed by atoms with Crippen molar-refractivity contribution in [2.45, 2.75) is 16.7 Å². The molecule has 0 heterocycles. The lowest BCUT2D eigenvalue weighted by Crippen LogP contribution is -2.15. The van der Waals surface area contributed by atoms with Crippen LogP contribution in [0.15, 0.2) is 21.9 Å². The van der Waals surface area contributed by atoms with E-state index in [2.05, 4.69) is 0 Å². The van der Waals surface area contributed by atoms with Gasteiger partial charge in [0.25, 0.3) is 10.1 Å². The summed E-state index contributed by atoms with van der Waals surface area (Å²) in [6.07, 6.45) is 0. The number of aryl methyl sites for hydroxylation is 1. The second-order valence-corrected chi connectivity index (χ2v) is 6.40. The first kappa shape index (κ1) is 13.4. The number of benzene rings is 1. The van der Waals surface area contributed by atoms with E-state index in [1.54, 1.807) is 0 Å². The summed E-state index contributed by atoms with van der Waals surface area (Å²) < 4.78 is 52.8. The maximum atomic E-state index is 11.1. The third-order valence-electron chi connectivity index (χ3n) is 1.81. The zero-order chi connectivity index (χ0) is 12.7. The molecule has 0 aromatic heterocycles. The summed E-state index contributed by atoms with van der Waals surface area (Å²) in [5.41, 5.74) is 0.194. The van der Waals surface area contributed by atoms with Crippen LogP contribution in [0, 0.1) is 6.92 Å². The van der Waals surface area contributed by atoms with Gasteiger partial charge in [-0.25, -0.2) is 13.6 Å². The van der Waals surface area contributed by atoms with Gasteiger partial charge in [0.2, 0.25) is 10.0 Å². The van der Waals surface area contributed by atoms with E-state index < -0.39 is 29.9 Å². The first-order valence-corrected chi connectivity index (χ1v) is 7.20. The number of halogens is 1. The van der Waals surface area contributed by atoms with Gasteiger partial charge in [-0.1, -0.05) is 11.6 Å². The van der Waals surface area contributed by atoms with Crippen LogP contribution < -0.4 is 5.14 Å². The SMILES string of the molecule is Cc1cc(Cl)c(S(=O)(=O)O)cc1S(N)(=O)=O. The van der Waals surface area contributed by atoms with Crippen molar-refractivity contribution in [3.8, 4) is 0 Å². The monoisotopic (exact) mass is 285 g/mol. The van der Waals surface area contributed by atoms with Gasteiger partial charge in [0.05, 0.1) is 9.92 Å². The second kappa shape index (κ2) is 3.97. The van der Waals surface area contributed by atoms with Crippen LogP contribution in [-0.4, -0.2) is 21.4 Å². The summed E-state index contributed by atoms with van der Waals surface area (Å²) in [7, 11) is -8.65. The average molecular weight is 286 g/mol. The summed E-state index contributed by atoms with van der Waals surface area (Å²) in [4.78, 5) is -1.09. The zero-order valence-electron chi connectivity index (χ0n) is 8.01. The normalized spacial score (nSPS) is 12.8. The average Bonchev–Trinajstić information content (AvgIpc) is 1.97. The molecular formula is C7H8ClNO5S2. The van der Waals surface area contributed by atoms with Gasteiger partial charge in [-0.3, -0.25) is 4.55 Å². The highest BCUT2D eigenvalue weighted by Crippen LogP contribution is 2.27. The molecule has 16 heavy (non-hydrogen) atoms. The number of hydrogen-bond acceptors (Lipinski definition) is 4. The number of rotatable bonds is 2. The Morgan fingerprint density at radius 3 is 2.06 bits per heavy atom. The fourth-order valence-corrected chi connectivity index (χ4v) is 3.09. The van der Waals surface area contributed by atoms with E-state index in [9.17, 15) is 16.8 Å². The van der Waals surface area contributed by atoms with E-state index in [1.807, 2.05) is 0 Å². The molecule has 1 aromatic rings. The predicted molar refractivity (Wildman–Crippen MR) is 57.4 cm³/mol. The minimum atomic E-state index is -4.58. The third-order valence-corrected chi connectivity index (χ3v) is 4.19. The van der Waals surface area contributed by atoms with Gasteiger partial charge in [-0.05, 0) is 24.6 Å². The molecule has 0 fully saturated rings. The van der Waals surface area contributed by atoms with Gasteiger partial charge < -0.3 is 0 Å². The van der Waals surface area contributed by atoms with Gasteiger partial charge in [0.15, 0.2) is 0 Å². The van der Waals surface area contributed by atoms with Crippen molar-refractivity contribution in [3.05, 3.63) is 22.7 Å². The minimum absolute atomic E-state index is 0.194. The summed E-state index contributed by atoms with van der Waals surface area (Å²) in [6, 6.07) is 1.83. The Hall–Kier alpha value is -0.670. The van der Waals surface area contributed by atoms with Crippen LogP contribution in [-0.2, 0) is 20.1 Å². The second-order valence-electron chi connectivity index (χ2n) is 3.07. The lowest BCUT2D eigenvalue weighted by Gasteiger charge is -2.07. The molecule has 3 N–H and O–H groups in total. The summed E-state index contributed by atoms with van der Waals surface area (Å²) >= 11 is 5.56. The van der Waals surface area contributed by atoms with Crippen molar-refractivity contribution >= 4 is 31.7 Å². The van der Waals surface area contributed by atoms with E-state index in [-0.39, 0.29) is 10.6 Å². The largest absolute Gasteiger partial charge is 0.296 e. The number of nitrogens with two attached hydrogens (primary N) is 1. The Labute approximate surface area is 97.8 Å². The van der Waals surface area contributed by atoms with Crippen LogP contribution in [0.25, 0.3) is 0 Å². The molecule has 0 saturated heterocycles. The molecule has 1 rings (SSSR count).